The van der Waals surface area contributed by atoms with E-state index in [-0.39, 0.29) is 23.0 Å². The molecule has 0 spiro atoms. The Morgan fingerprint density at radius 1 is 1.00 bits per heavy atom. The summed E-state index contributed by atoms with van der Waals surface area (Å²) in [6.45, 7) is 0.549. The van der Waals surface area contributed by atoms with Crippen molar-refractivity contribution in [1.82, 2.24) is 13.9 Å². The van der Waals surface area contributed by atoms with Crippen molar-refractivity contribution < 1.29 is 4.74 Å². The summed E-state index contributed by atoms with van der Waals surface area (Å²) >= 11 is 0. The fraction of sp³-hybridized carbons (Fsp3) is 0.556. The summed E-state index contributed by atoms with van der Waals surface area (Å²) < 4.78 is 10.6. The summed E-state index contributed by atoms with van der Waals surface area (Å²) in [6.07, 6.45) is 0. The van der Waals surface area contributed by atoms with E-state index in [4.69, 9.17) is 4.74 Å². The third-order valence-electron chi connectivity index (χ3n) is 7.70. The number of methoxy groups -OCH3 is 1. The van der Waals surface area contributed by atoms with E-state index in [2.05, 4.69) is 0 Å². The topological polar surface area (TPSA) is 58.2 Å². The molecule has 6 aliphatic rings. The van der Waals surface area contributed by atoms with Gasteiger partial charge in [-0.2, -0.15) is 0 Å². The van der Waals surface area contributed by atoms with Gasteiger partial charge in [-0.15, -0.1) is 0 Å². The summed E-state index contributed by atoms with van der Waals surface area (Å²) in [6, 6.07) is 9.52. The Kier molecular flexibility index (Phi) is 1.71. The maximum absolute atomic E-state index is 13.3. The lowest BCUT2D eigenvalue weighted by Crippen LogP contribution is -2.59. The number of aromatic nitrogens is 3. The predicted molar refractivity (Wildman–Crippen MR) is 84.1 cm³/mol. The average molecular weight is 323 g/mol. The summed E-state index contributed by atoms with van der Waals surface area (Å²) in [4.78, 5) is 26.5. The first-order chi connectivity index (χ1) is 11.7. The van der Waals surface area contributed by atoms with E-state index >= 15 is 0 Å². The minimum absolute atomic E-state index is 0.174. The van der Waals surface area contributed by atoms with Gasteiger partial charge in [-0.3, -0.25) is 0 Å². The largest absolute Gasteiger partial charge is 0.382 e. The third-order valence-corrected chi connectivity index (χ3v) is 7.70. The highest BCUT2D eigenvalue weighted by Gasteiger charge is 2.95. The van der Waals surface area contributed by atoms with Crippen LogP contribution in [0.3, 0.4) is 0 Å². The van der Waals surface area contributed by atoms with Crippen LogP contribution in [0.1, 0.15) is 6.04 Å². The Morgan fingerprint density at radius 3 is 2.29 bits per heavy atom. The average Bonchev–Trinajstić information content (AvgIpc) is 3.42. The van der Waals surface area contributed by atoms with E-state index in [0.29, 0.717) is 36.0 Å². The first-order valence-corrected chi connectivity index (χ1v) is 8.75. The van der Waals surface area contributed by atoms with Gasteiger partial charge in [-0.25, -0.2) is 23.5 Å². The number of rotatable bonds is 3. The first kappa shape index (κ1) is 12.3. The fourth-order valence-electron chi connectivity index (χ4n) is 7.39. The van der Waals surface area contributed by atoms with E-state index in [1.807, 2.05) is 39.7 Å². The van der Waals surface area contributed by atoms with Crippen LogP contribution >= 0.6 is 0 Å². The van der Waals surface area contributed by atoms with E-state index in [9.17, 15) is 9.59 Å². The van der Waals surface area contributed by atoms with Gasteiger partial charge >= 0.3 is 11.4 Å². The van der Waals surface area contributed by atoms with Crippen molar-refractivity contribution in [3.8, 4) is 5.69 Å². The van der Waals surface area contributed by atoms with Crippen molar-refractivity contribution in [2.75, 3.05) is 13.7 Å². The predicted octanol–water partition coefficient (Wildman–Crippen LogP) is 0.449. The van der Waals surface area contributed by atoms with Crippen LogP contribution in [0.25, 0.3) is 5.69 Å². The maximum Gasteiger partial charge on any atom is 0.352 e. The molecule has 2 aromatic rings. The second kappa shape index (κ2) is 3.33. The van der Waals surface area contributed by atoms with Crippen molar-refractivity contribution in [1.29, 1.82) is 0 Å². The molecule has 0 saturated heterocycles. The van der Waals surface area contributed by atoms with Crippen LogP contribution in [0.2, 0.25) is 0 Å². The molecule has 4 aliphatic carbocycles. The Bertz CT molecular complexity index is 1010. The molecular formula is C18H17N3O3. The molecule has 122 valence electrons. The number of ether oxygens (including phenoxy) is 1. The molecule has 6 heteroatoms. The highest BCUT2D eigenvalue weighted by molar-refractivity contribution is 5.42. The summed E-state index contributed by atoms with van der Waals surface area (Å²) in [5.74, 6) is 3.76. The van der Waals surface area contributed by atoms with Crippen LogP contribution in [0, 0.1) is 35.5 Å². The smallest absolute Gasteiger partial charge is 0.352 e. The minimum atomic E-state index is -0.273. The maximum atomic E-state index is 13.3. The standard InChI is InChI=1S/C18H17N3O3/c1-24-7-18-13-9-10-12(14(10)18)15(11(9)13)20-16(22)19(17(23)21(18)20)8-5-3-2-4-6-8/h2-6,9-15H,7H2,1H3/t9-,10-,11-,12+,13+,14+,15?,18?/m1/s1. The molecule has 1 aromatic carbocycles. The molecule has 4 saturated carbocycles. The molecule has 8 rings (SSSR count). The Hall–Kier alpha value is -2.08. The lowest BCUT2D eigenvalue weighted by molar-refractivity contribution is -0.0381. The zero-order valence-corrected chi connectivity index (χ0v) is 13.2. The molecule has 3 heterocycles. The van der Waals surface area contributed by atoms with Gasteiger partial charge in [0, 0.05) is 7.11 Å². The number of para-hydroxylation sites is 1. The number of nitrogens with zero attached hydrogens (tertiary/aromatic N) is 3. The van der Waals surface area contributed by atoms with Gasteiger partial charge < -0.3 is 4.74 Å². The van der Waals surface area contributed by atoms with E-state index in [1.54, 1.807) is 7.11 Å². The molecule has 1 aromatic heterocycles. The second-order valence-electron chi connectivity index (χ2n) is 8.17. The van der Waals surface area contributed by atoms with Gasteiger partial charge in [-0.1, -0.05) is 18.2 Å². The lowest BCUT2D eigenvalue weighted by Gasteiger charge is -2.46. The van der Waals surface area contributed by atoms with Crippen molar-refractivity contribution in [2.24, 2.45) is 35.5 Å². The minimum Gasteiger partial charge on any atom is -0.382 e. The highest BCUT2D eigenvalue weighted by atomic mass is 16.5. The molecule has 0 N–H and O–H groups in total. The van der Waals surface area contributed by atoms with Gasteiger partial charge in [0.15, 0.2) is 0 Å². The highest BCUT2D eigenvalue weighted by Crippen LogP contribution is 2.93. The van der Waals surface area contributed by atoms with Crippen LogP contribution in [-0.2, 0) is 10.3 Å². The lowest BCUT2D eigenvalue weighted by atomic mass is 9.77. The molecule has 2 bridgehead atoms. The Labute approximate surface area is 137 Å². The molecule has 4 fully saturated rings. The summed E-state index contributed by atoms with van der Waals surface area (Å²) in [5, 5.41) is 0. The third kappa shape index (κ3) is 0.922. The quantitative estimate of drug-likeness (QED) is 0.824. The molecule has 2 aliphatic heterocycles. The summed E-state index contributed by atoms with van der Waals surface area (Å²) in [7, 11) is 1.71. The monoisotopic (exact) mass is 323 g/mol. The molecule has 24 heavy (non-hydrogen) atoms. The van der Waals surface area contributed by atoms with Gasteiger partial charge in [0.2, 0.25) is 0 Å². The SMILES string of the molecule is COCC12[C@@H]3[C@@H]4C([C@H]5[C@@H]([C@H]43)[C@@H]51)n1c(=O)n(-c3ccccc3)c(=O)n12. The van der Waals surface area contributed by atoms with Crippen LogP contribution in [0.5, 0.6) is 0 Å². The molecule has 6 nitrogen and oxygen atoms in total. The molecular weight excluding hydrogens is 306 g/mol. The van der Waals surface area contributed by atoms with Gasteiger partial charge in [0.1, 0.15) is 0 Å². The van der Waals surface area contributed by atoms with Crippen molar-refractivity contribution >= 4 is 0 Å². The summed E-state index contributed by atoms with van der Waals surface area (Å²) in [5.41, 5.74) is 0.0171. The van der Waals surface area contributed by atoms with E-state index in [1.165, 1.54) is 4.57 Å². The fourth-order valence-corrected chi connectivity index (χ4v) is 7.39. The number of benzene rings is 1. The van der Waals surface area contributed by atoms with E-state index in [0.717, 1.165) is 11.8 Å². The zero-order valence-electron chi connectivity index (χ0n) is 13.2. The number of hydrogen-bond donors (Lipinski definition) is 0. The van der Waals surface area contributed by atoms with Gasteiger partial charge in [-0.05, 0) is 47.6 Å². The molecule has 8 atom stereocenters. The van der Waals surface area contributed by atoms with Gasteiger partial charge in [0.05, 0.1) is 23.9 Å². The molecule has 2 unspecified atom stereocenters. The van der Waals surface area contributed by atoms with Crippen LogP contribution in [0.15, 0.2) is 39.9 Å². The molecule has 0 amide bonds. The van der Waals surface area contributed by atoms with Crippen molar-refractivity contribution in [2.45, 2.75) is 11.6 Å². The number of hydrogen-bond acceptors (Lipinski definition) is 3. The first-order valence-electron chi connectivity index (χ1n) is 8.75. The van der Waals surface area contributed by atoms with Gasteiger partial charge in [0.25, 0.3) is 0 Å². The zero-order chi connectivity index (χ0) is 16.0. The van der Waals surface area contributed by atoms with Crippen molar-refractivity contribution in [3.05, 3.63) is 51.3 Å². The molecule has 0 radical (unpaired) electrons. The Balaban J connectivity index is 1.58. The van der Waals surface area contributed by atoms with Crippen LogP contribution in [-0.4, -0.2) is 27.6 Å². The van der Waals surface area contributed by atoms with Crippen molar-refractivity contribution in [3.63, 3.8) is 0 Å². The Morgan fingerprint density at radius 2 is 1.67 bits per heavy atom. The second-order valence-corrected chi connectivity index (χ2v) is 8.17. The van der Waals surface area contributed by atoms with Crippen LogP contribution in [0.4, 0.5) is 0 Å². The van der Waals surface area contributed by atoms with E-state index < -0.39 is 0 Å². The van der Waals surface area contributed by atoms with Crippen LogP contribution < -0.4 is 11.4 Å². The normalized spacial score (nSPS) is 47.0.